The Morgan fingerprint density at radius 2 is 2.24 bits per heavy atom. The second-order valence-corrected chi connectivity index (χ2v) is 4.49. The van der Waals surface area contributed by atoms with Crippen molar-refractivity contribution in [1.82, 2.24) is 19.7 Å². The molecule has 0 saturated carbocycles. The van der Waals surface area contributed by atoms with Crippen LogP contribution >= 0.6 is 15.9 Å². The van der Waals surface area contributed by atoms with E-state index in [0.717, 1.165) is 28.4 Å². The molecule has 2 aromatic heterocycles. The first-order valence-corrected chi connectivity index (χ1v) is 6.22. The predicted molar refractivity (Wildman–Crippen MR) is 69.6 cm³/mol. The summed E-state index contributed by atoms with van der Waals surface area (Å²) >= 11 is 3.37. The van der Waals surface area contributed by atoms with Crippen molar-refractivity contribution in [3.8, 4) is 0 Å². The fraction of sp³-hybridized carbons (Fsp3) is 0.364. The summed E-state index contributed by atoms with van der Waals surface area (Å²) < 4.78 is 2.58. The van der Waals surface area contributed by atoms with Crippen LogP contribution in [0.15, 0.2) is 22.9 Å². The molecule has 1 N–H and O–H groups in total. The van der Waals surface area contributed by atoms with E-state index >= 15 is 0 Å². The zero-order chi connectivity index (χ0) is 12.3. The van der Waals surface area contributed by atoms with Gasteiger partial charge in [-0.2, -0.15) is 5.10 Å². The lowest BCUT2D eigenvalue weighted by Crippen LogP contribution is -2.05. The summed E-state index contributed by atoms with van der Waals surface area (Å²) in [7, 11) is 1.90. The topological polar surface area (TPSA) is 55.6 Å². The molecule has 2 aromatic rings. The van der Waals surface area contributed by atoms with E-state index < -0.39 is 0 Å². The smallest absolute Gasteiger partial charge is 0.131 e. The molecule has 5 nitrogen and oxygen atoms in total. The lowest BCUT2D eigenvalue weighted by molar-refractivity contribution is 0.746. The molecule has 17 heavy (non-hydrogen) atoms. The van der Waals surface area contributed by atoms with Gasteiger partial charge in [0, 0.05) is 25.7 Å². The van der Waals surface area contributed by atoms with E-state index in [0.29, 0.717) is 6.54 Å². The minimum atomic E-state index is 0.660. The lowest BCUT2D eigenvalue weighted by atomic mass is 10.4. The summed E-state index contributed by atoms with van der Waals surface area (Å²) in [5, 5.41) is 7.52. The van der Waals surface area contributed by atoms with Crippen LogP contribution in [0.25, 0.3) is 0 Å². The van der Waals surface area contributed by atoms with Crippen LogP contribution < -0.4 is 5.32 Å². The van der Waals surface area contributed by atoms with Gasteiger partial charge in [-0.25, -0.2) is 9.97 Å². The quantitative estimate of drug-likeness (QED) is 0.878. The van der Waals surface area contributed by atoms with E-state index in [4.69, 9.17) is 0 Å². The van der Waals surface area contributed by atoms with Crippen LogP contribution in [0.3, 0.4) is 0 Å². The summed E-state index contributed by atoms with van der Waals surface area (Å²) in [5.41, 5.74) is 0.986. The summed E-state index contributed by atoms with van der Waals surface area (Å²) in [4.78, 5) is 8.64. The molecule has 2 heterocycles. The monoisotopic (exact) mass is 295 g/mol. The highest BCUT2D eigenvalue weighted by Crippen LogP contribution is 2.13. The number of hydrogen-bond acceptors (Lipinski definition) is 4. The predicted octanol–water partition coefficient (Wildman–Crippen LogP) is 2.15. The van der Waals surface area contributed by atoms with Crippen molar-refractivity contribution in [2.24, 2.45) is 7.05 Å². The van der Waals surface area contributed by atoms with E-state index in [1.54, 1.807) is 4.68 Å². The first-order chi connectivity index (χ1) is 8.17. The van der Waals surface area contributed by atoms with Gasteiger partial charge in [-0.3, -0.25) is 4.68 Å². The average Bonchev–Trinajstić information content (AvgIpc) is 2.72. The minimum absolute atomic E-state index is 0.660. The Kier molecular flexibility index (Phi) is 3.73. The largest absolute Gasteiger partial charge is 0.364 e. The summed E-state index contributed by atoms with van der Waals surface area (Å²) in [6.07, 6.45) is 2.74. The first-order valence-electron chi connectivity index (χ1n) is 5.43. The molecule has 0 aliphatic heterocycles. The standard InChI is InChI=1S/C11H14BrN5/c1-3-10-14-9(12)6-11(15-10)13-7-8-4-5-17(2)16-8/h4-6H,3,7H2,1-2H3,(H,13,14,15). The van der Waals surface area contributed by atoms with Crippen molar-refractivity contribution in [2.75, 3.05) is 5.32 Å². The Labute approximate surface area is 108 Å². The third kappa shape index (κ3) is 3.26. The molecule has 6 heteroatoms. The molecule has 90 valence electrons. The molecule has 0 aromatic carbocycles. The molecule has 0 saturated heterocycles. The van der Waals surface area contributed by atoms with Crippen molar-refractivity contribution < 1.29 is 0 Å². The van der Waals surface area contributed by atoms with Crippen LogP contribution in [0.5, 0.6) is 0 Å². The van der Waals surface area contributed by atoms with Crippen LogP contribution in [-0.4, -0.2) is 19.7 Å². The van der Waals surface area contributed by atoms with Crippen LogP contribution in [0.2, 0.25) is 0 Å². The third-order valence-electron chi connectivity index (χ3n) is 2.28. The van der Waals surface area contributed by atoms with Gasteiger partial charge in [0.15, 0.2) is 0 Å². The van der Waals surface area contributed by atoms with E-state index in [9.17, 15) is 0 Å². The molecule has 0 fully saturated rings. The first kappa shape index (κ1) is 12.0. The second kappa shape index (κ2) is 5.27. The van der Waals surface area contributed by atoms with Gasteiger partial charge >= 0.3 is 0 Å². The molecule has 0 amide bonds. The maximum Gasteiger partial charge on any atom is 0.131 e. The van der Waals surface area contributed by atoms with Gasteiger partial charge < -0.3 is 5.32 Å². The Balaban J connectivity index is 2.05. The fourth-order valence-electron chi connectivity index (χ4n) is 1.45. The van der Waals surface area contributed by atoms with Crippen molar-refractivity contribution in [2.45, 2.75) is 19.9 Å². The molecule has 0 spiro atoms. The molecule has 0 unspecified atom stereocenters. The van der Waals surface area contributed by atoms with Crippen molar-refractivity contribution in [1.29, 1.82) is 0 Å². The summed E-state index contributed by atoms with van der Waals surface area (Å²) in [6.45, 7) is 2.69. The molecule has 0 radical (unpaired) electrons. The maximum absolute atomic E-state index is 4.39. The summed E-state index contributed by atoms with van der Waals surface area (Å²) in [5.74, 6) is 1.64. The number of halogens is 1. The zero-order valence-electron chi connectivity index (χ0n) is 9.81. The van der Waals surface area contributed by atoms with E-state index in [2.05, 4.69) is 36.3 Å². The Bertz CT molecular complexity index is 508. The fourth-order valence-corrected chi connectivity index (χ4v) is 1.87. The highest BCUT2D eigenvalue weighted by molar-refractivity contribution is 9.10. The number of nitrogens with zero attached hydrogens (tertiary/aromatic N) is 4. The molecular formula is C11H14BrN5. The number of rotatable bonds is 4. The lowest BCUT2D eigenvalue weighted by Gasteiger charge is -2.05. The molecule has 2 rings (SSSR count). The van der Waals surface area contributed by atoms with Crippen LogP contribution in [0.1, 0.15) is 18.4 Å². The Hall–Kier alpha value is -1.43. The summed E-state index contributed by atoms with van der Waals surface area (Å²) in [6, 6.07) is 3.84. The van der Waals surface area contributed by atoms with Crippen LogP contribution in [0, 0.1) is 0 Å². The third-order valence-corrected chi connectivity index (χ3v) is 2.68. The van der Waals surface area contributed by atoms with E-state index in [1.807, 2.05) is 32.3 Å². The zero-order valence-corrected chi connectivity index (χ0v) is 11.4. The van der Waals surface area contributed by atoms with Gasteiger partial charge in [0.1, 0.15) is 16.2 Å². The van der Waals surface area contributed by atoms with E-state index in [-0.39, 0.29) is 0 Å². The van der Waals surface area contributed by atoms with Gasteiger partial charge in [0.2, 0.25) is 0 Å². The van der Waals surface area contributed by atoms with E-state index in [1.165, 1.54) is 0 Å². The minimum Gasteiger partial charge on any atom is -0.364 e. The highest BCUT2D eigenvalue weighted by Gasteiger charge is 2.02. The van der Waals surface area contributed by atoms with Gasteiger partial charge in [-0.15, -0.1) is 0 Å². The SMILES string of the molecule is CCc1nc(Br)cc(NCc2ccn(C)n2)n1. The van der Waals surface area contributed by atoms with Crippen molar-refractivity contribution in [3.63, 3.8) is 0 Å². The van der Waals surface area contributed by atoms with Gasteiger partial charge in [-0.1, -0.05) is 6.92 Å². The van der Waals surface area contributed by atoms with Gasteiger partial charge in [0.05, 0.1) is 12.2 Å². The molecule has 0 aliphatic carbocycles. The molecule has 0 aliphatic rings. The Morgan fingerprint density at radius 3 is 2.88 bits per heavy atom. The highest BCUT2D eigenvalue weighted by atomic mass is 79.9. The normalized spacial score (nSPS) is 10.5. The van der Waals surface area contributed by atoms with Crippen LogP contribution in [-0.2, 0) is 20.0 Å². The van der Waals surface area contributed by atoms with Crippen LogP contribution in [0.4, 0.5) is 5.82 Å². The average molecular weight is 296 g/mol. The van der Waals surface area contributed by atoms with Gasteiger partial charge in [-0.05, 0) is 22.0 Å². The van der Waals surface area contributed by atoms with Gasteiger partial charge in [0.25, 0.3) is 0 Å². The molecule has 0 bridgehead atoms. The second-order valence-electron chi connectivity index (χ2n) is 3.68. The van der Waals surface area contributed by atoms with Crippen molar-refractivity contribution in [3.05, 3.63) is 34.5 Å². The number of hydrogen-bond donors (Lipinski definition) is 1. The van der Waals surface area contributed by atoms with Crippen molar-refractivity contribution >= 4 is 21.7 Å². The number of aryl methyl sites for hydroxylation is 2. The maximum atomic E-state index is 4.39. The Morgan fingerprint density at radius 1 is 1.41 bits per heavy atom. The number of anilines is 1. The molecular weight excluding hydrogens is 282 g/mol. The molecule has 0 atom stereocenters. The number of nitrogens with one attached hydrogen (secondary N) is 1. The number of aromatic nitrogens is 4.